The minimum absolute atomic E-state index is 0.170. The standard InChI is InChI=1S/C24H27NO3/c26-22(8-6-20-7-9-23-24(17-20)28-18-27-23)12-15-25-13-10-21(11-14-25)16-19-4-2-1-3-5-19/h1-9,17,21H,10-16,18H2. The Balaban J connectivity index is 1.18. The number of fused-ring (bicyclic) bond motifs is 1. The summed E-state index contributed by atoms with van der Waals surface area (Å²) in [7, 11) is 0. The molecule has 0 atom stereocenters. The fraction of sp³-hybridized carbons (Fsp3) is 0.375. The number of hydrogen-bond acceptors (Lipinski definition) is 4. The van der Waals surface area contributed by atoms with E-state index in [-0.39, 0.29) is 12.6 Å². The van der Waals surface area contributed by atoms with Gasteiger partial charge in [0.15, 0.2) is 17.3 Å². The number of nitrogens with zero attached hydrogens (tertiary/aromatic N) is 1. The molecule has 4 heteroatoms. The lowest BCUT2D eigenvalue weighted by molar-refractivity contribution is -0.114. The molecule has 2 aromatic rings. The van der Waals surface area contributed by atoms with Gasteiger partial charge in [0.1, 0.15) is 0 Å². The Hall–Kier alpha value is -2.59. The van der Waals surface area contributed by atoms with Gasteiger partial charge in [-0.2, -0.15) is 0 Å². The Labute approximate surface area is 166 Å². The highest BCUT2D eigenvalue weighted by atomic mass is 16.7. The third kappa shape index (κ3) is 5.02. The Morgan fingerprint density at radius 3 is 2.64 bits per heavy atom. The van der Waals surface area contributed by atoms with Gasteiger partial charge in [0, 0.05) is 13.0 Å². The van der Waals surface area contributed by atoms with Crippen LogP contribution in [0, 0.1) is 5.92 Å². The van der Waals surface area contributed by atoms with Crippen molar-refractivity contribution >= 4 is 11.9 Å². The highest BCUT2D eigenvalue weighted by Crippen LogP contribution is 2.32. The molecule has 1 fully saturated rings. The molecule has 0 radical (unpaired) electrons. The third-order valence-electron chi connectivity index (χ3n) is 5.61. The summed E-state index contributed by atoms with van der Waals surface area (Å²) in [6.45, 7) is 3.30. The van der Waals surface area contributed by atoms with Gasteiger partial charge in [0.05, 0.1) is 0 Å². The molecular weight excluding hydrogens is 350 g/mol. The van der Waals surface area contributed by atoms with Crippen molar-refractivity contribution < 1.29 is 14.3 Å². The maximum absolute atomic E-state index is 12.2. The molecule has 0 N–H and O–H groups in total. The molecule has 0 saturated carbocycles. The summed E-state index contributed by atoms with van der Waals surface area (Å²) < 4.78 is 10.7. The van der Waals surface area contributed by atoms with E-state index in [1.807, 2.05) is 24.3 Å². The van der Waals surface area contributed by atoms with Crippen molar-refractivity contribution in [1.29, 1.82) is 0 Å². The Kier molecular flexibility index (Phi) is 6.07. The number of benzene rings is 2. The van der Waals surface area contributed by atoms with Gasteiger partial charge in [0.2, 0.25) is 6.79 Å². The zero-order chi connectivity index (χ0) is 19.2. The molecule has 4 rings (SSSR count). The largest absolute Gasteiger partial charge is 0.454 e. The molecule has 0 bridgehead atoms. The number of ketones is 1. The fourth-order valence-corrected chi connectivity index (χ4v) is 3.92. The fourth-order valence-electron chi connectivity index (χ4n) is 3.92. The second-order valence-corrected chi connectivity index (χ2v) is 7.64. The summed E-state index contributed by atoms with van der Waals surface area (Å²) in [6, 6.07) is 16.5. The number of ether oxygens (including phenoxy) is 2. The van der Waals surface area contributed by atoms with E-state index in [1.165, 1.54) is 24.8 Å². The lowest BCUT2D eigenvalue weighted by Gasteiger charge is -2.31. The number of carbonyl (C=O) groups is 1. The number of rotatable bonds is 7. The average Bonchev–Trinajstić information content (AvgIpc) is 3.20. The minimum Gasteiger partial charge on any atom is -0.454 e. The third-order valence-corrected chi connectivity index (χ3v) is 5.61. The first-order chi connectivity index (χ1) is 13.8. The van der Waals surface area contributed by atoms with Gasteiger partial charge in [-0.15, -0.1) is 0 Å². The minimum atomic E-state index is 0.170. The van der Waals surface area contributed by atoms with E-state index in [0.29, 0.717) is 6.42 Å². The smallest absolute Gasteiger partial charge is 0.231 e. The van der Waals surface area contributed by atoms with Gasteiger partial charge in [0.25, 0.3) is 0 Å². The molecule has 0 aromatic heterocycles. The number of likely N-dealkylation sites (tertiary alicyclic amines) is 1. The molecule has 0 amide bonds. The zero-order valence-electron chi connectivity index (χ0n) is 16.2. The Morgan fingerprint density at radius 1 is 1.04 bits per heavy atom. The van der Waals surface area contributed by atoms with E-state index in [0.717, 1.165) is 42.6 Å². The maximum Gasteiger partial charge on any atom is 0.231 e. The van der Waals surface area contributed by atoms with Gasteiger partial charge in [-0.25, -0.2) is 0 Å². The second-order valence-electron chi connectivity index (χ2n) is 7.64. The van der Waals surface area contributed by atoms with Crippen LogP contribution in [0.25, 0.3) is 6.08 Å². The van der Waals surface area contributed by atoms with Crippen LogP contribution >= 0.6 is 0 Å². The number of hydrogen-bond donors (Lipinski definition) is 0. The molecule has 28 heavy (non-hydrogen) atoms. The second kappa shape index (κ2) is 9.07. The van der Waals surface area contributed by atoms with E-state index in [9.17, 15) is 4.79 Å². The first-order valence-electron chi connectivity index (χ1n) is 10.1. The van der Waals surface area contributed by atoms with E-state index in [2.05, 4.69) is 35.2 Å². The first kappa shape index (κ1) is 18.8. The first-order valence-corrected chi connectivity index (χ1v) is 10.1. The van der Waals surface area contributed by atoms with Crippen LogP contribution in [0.5, 0.6) is 11.5 Å². The van der Waals surface area contributed by atoms with Crippen LogP contribution in [0.3, 0.4) is 0 Å². The average molecular weight is 377 g/mol. The molecule has 4 nitrogen and oxygen atoms in total. The van der Waals surface area contributed by atoms with Crippen molar-refractivity contribution in [3.63, 3.8) is 0 Å². The lowest BCUT2D eigenvalue weighted by atomic mass is 9.90. The maximum atomic E-state index is 12.2. The predicted molar refractivity (Wildman–Crippen MR) is 111 cm³/mol. The molecule has 0 unspecified atom stereocenters. The van der Waals surface area contributed by atoms with Crippen molar-refractivity contribution in [2.24, 2.45) is 5.92 Å². The van der Waals surface area contributed by atoms with Crippen molar-refractivity contribution in [1.82, 2.24) is 4.90 Å². The zero-order valence-corrected chi connectivity index (χ0v) is 16.2. The topological polar surface area (TPSA) is 38.8 Å². The van der Waals surface area contributed by atoms with Gasteiger partial charge in [-0.1, -0.05) is 42.5 Å². The Morgan fingerprint density at radius 2 is 1.82 bits per heavy atom. The highest BCUT2D eigenvalue weighted by molar-refractivity contribution is 5.93. The van der Waals surface area contributed by atoms with Crippen molar-refractivity contribution in [2.45, 2.75) is 25.7 Å². The monoisotopic (exact) mass is 377 g/mol. The number of piperidine rings is 1. The molecule has 2 aliphatic heterocycles. The number of allylic oxidation sites excluding steroid dienone is 1. The van der Waals surface area contributed by atoms with Crippen LogP contribution in [0.15, 0.2) is 54.6 Å². The Bertz CT molecular complexity index is 823. The van der Waals surface area contributed by atoms with E-state index in [4.69, 9.17) is 9.47 Å². The van der Waals surface area contributed by atoms with Crippen LogP contribution in [0.4, 0.5) is 0 Å². The van der Waals surface area contributed by atoms with Crippen molar-refractivity contribution in [2.75, 3.05) is 26.4 Å². The summed E-state index contributed by atoms with van der Waals surface area (Å²) >= 11 is 0. The predicted octanol–water partition coefficient (Wildman–Crippen LogP) is 4.34. The van der Waals surface area contributed by atoms with Crippen molar-refractivity contribution in [3.8, 4) is 11.5 Å². The SMILES string of the molecule is O=C(C=Cc1ccc2c(c1)OCO2)CCN1CCC(Cc2ccccc2)CC1. The van der Waals surface area contributed by atoms with Gasteiger partial charge in [-0.3, -0.25) is 4.79 Å². The van der Waals surface area contributed by atoms with Gasteiger partial charge >= 0.3 is 0 Å². The van der Waals surface area contributed by atoms with E-state index >= 15 is 0 Å². The van der Waals surface area contributed by atoms with Crippen LogP contribution in [0.1, 0.15) is 30.4 Å². The lowest BCUT2D eigenvalue weighted by Crippen LogP contribution is -2.35. The summed E-state index contributed by atoms with van der Waals surface area (Å²) in [5.41, 5.74) is 2.39. The highest BCUT2D eigenvalue weighted by Gasteiger charge is 2.19. The quantitative estimate of drug-likeness (QED) is 0.673. The summed E-state index contributed by atoms with van der Waals surface area (Å²) in [4.78, 5) is 14.7. The van der Waals surface area contributed by atoms with Crippen LogP contribution in [-0.4, -0.2) is 37.1 Å². The van der Waals surface area contributed by atoms with Crippen LogP contribution < -0.4 is 9.47 Å². The molecule has 1 saturated heterocycles. The molecule has 0 spiro atoms. The molecule has 2 heterocycles. The van der Waals surface area contributed by atoms with Crippen LogP contribution in [-0.2, 0) is 11.2 Å². The number of carbonyl (C=O) groups excluding carboxylic acids is 1. The van der Waals surface area contributed by atoms with Crippen molar-refractivity contribution in [3.05, 3.63) is 65.7 Å². The molecule has 2 aromatic carbocycles. The summed E-state index contributed by atoms with van der Waals surface area (Å²) in [5.74, 6) is 2.44. The van der Waals surface area contributed by atoms with E-state index in [1.54, 1.807) is 6.08 Å². The van der Waals surface area contributed by atoms with Gasteiger partial charge in [-0.05, 0) is 67.6 Å². The van der Waals surface area contributed by atoms with E-state index < -0.39 is 0 Å². The van der Waals surface area contributed by atoms with Gasteiger partial charge < -0.3 is 14.4 Å². The molecular formula is C24H27NO3. The summed E-state index contributed by atoms with van der Waals surface area (Å²) in [5, 5.41) is 0. The normalized spacial score (nSPS) is 17.3. The molecule has 2 aliphatic rings. The molecule has 146 valence electrons. The van der Waals surface area contributed by atoms with Crippen LogP contribution in [0.2, 0.25) is 0 Å². The molecule has 0 aliphatic carbocycles. The summed E-state index contributed by atoms with van der Waals surface area (Å²) in [6.07, 6.45) is 7.72.